The molecule has 2 N–H and O–H groups in total. The van der Waals surface area contributed by atoms with Gasteiger partial charge in [-0.3, -0.25) is 9.59 Å². The summed E-state index contributed by atoms with van der Waals surface area (Å²) in [5, 5.41) is 3.19. The molecule has 3 rings (SSSR count). The van der Waals surface area contributed by atoms with Crippen LogP contribution in [0, 0.1) is 5.92 Å². The first-order chi connectivity index (χ1) is 14.3. The normalized spacial score (nSPS) is 16.9. The lowest BCUT2D eigenvalue weighted by molar-refractivity contribution is -0.133. The fraction of sp³-hybridized carbons (Fsp3) is 0.300. The Balaban J connectivity index is 1.57. The predicted molar refractivity (Wildman–Crippen MR) is 116 cm³/mol. The molecule has 1 heterocycles. The van der Waals surface area contributed by atoms with Crippen molar-refractivity contribution in [3.63, 3.8) is 0 Å². The smallest absolute Gasteiger partial charge is 0.241 e. The minimum atomic E-state index is -3.92. The molecule has 0 bridgehead atoms. The lowest BCUT2D eigenvalue weighted by Gasteiger charge is -2.32. The van der Waals surface area contributed by atoms with Crippen LogP contribution in [0.1, 0.15) is 12.8 Å². The Bertz CT molecular complexity index is 1030. The van der Waals surface area contributed by atoms with E-state index < -0.39 is 22.5 Å². The van der Waals surface area contributed by atoms with Gasteiger partial charge in [-0.05, 0) is 43.2 Å². The molecule has 0 aromatic heterocycles. The van der Waals surface area contributed by atoms with Crippen LogP contribution in [0.2, 0.25) is 10.0 Å². The van der Waals surface area contributed by atoms with E-state index in [1.54, 1.807) is 12.1 Å². The Kier molecular flexibility index (Phi) is 7.36. The average Bonchev–Trinajstić information content (AvgIpc) is 2.74. The molecular weight excluding hydrogens is 449 g/mol. The van der Waals surface area contributed by atoms with E-state index >= 15 is 0 Å². The predicted octanol–water partition coefficient (Wildman–Crippen LogP) is 3.15. The zero-order valence-electron chi connectivity index (χ0n) is 16.0. The molecule has 2 amide bonds. The van der Waals surface area contributed by atoms with Crippen molar-refractivity contribution < 1.29 is 18.0 Å². The third kappa shape index (κ3) is 5.72. The molecule has 1 aliphatic heterocycles. The Morgan fingerprint density at radius 3 is 2.50 bits per heavy atom. The van der Waals surface area contributed by atoms with Crippen LogP contribution >= 0.6 is 23.2 Å². The number of carbonyl (C=O) groups is 2. The van der Waals surface area contributed by atoms with Crippen LogP contribution in [0.25, 0.3) is 0 Å². The van der Waals surface area contributed by atoms with Crippen LogP contribution in [-0.4, -0.2) is 44.8 Å². The van der Waals surface area contributed by atoms with Crippen molar-refractivity contribution in [3.05, 3.63) is 58.6 Å². The van der Waals surface area contributed by atoms with Crippen LogP contribution in [0.4, 0.5) is 5.69 Å². The molecule has 0 spiro atoms. The summed E-state index contributed by atoms with van der Waals surface area (Å²) in [5.74, 6) is -0.902. The lowest BCUT2D eigenvalue weighted by atomic mass is 9.97. The van der Waals surface area contributed by atoms with Crippen molar-refractivity contribution in [2.75, 3.05) is 25.0 Å². The summed E-state index contributed by atoms with van der Waals surface area (Å²) in [5.41, 5.74) is 0.695. The highest BCUT2D eigenvalue weighted by atomic mass is 35.5. The van der Waals surface area contributed by atoms with Crippen LogP contribution in [0.3, 0.4) is 0 Å². The average molecular weight is 470 g/mol. The number of halogens is 2. The number of nitrogens with zero attached hydrogens (tertiary/aromatic N) is 1. The van der Waals surface area contributed by atoms with Gasteiger partial charge in [-0.15, -0.1) is 0 Å². The van der Waals surface area contributed by atoms with E-state index in [0.29, 0.717) is 25.1 Å². The minimum absolute atomic E-state index is 0.0801. The maximum Gasteiger partial charge on any atom is 0.241 e. The minimum Gasteiger partial charge on any atom is -0.341 e. The maximum absolute atomic E-state index is 12.5. The molecule has 0 saturated carbocycles. The molecule has 30 heavy (non-hydrogen) atoms. The van der Waals surface area contributed by atoms with Gasteiger partial charge in [0.1, 0.15) is 0 Å². The summed E-state index contributed by atoms with van der Waals surface area (Å²) in [4.78, 5) is 26.5. The van der Waals surface area contributed by atoms with Crippen molar-refractivity contribution in [2.24, 2.45) is 5.92 Å². The van der Waals surface area contributed by atoms with E-state index in [0.717, 1.165) is 0 Å². The molecule has 0 aliphatic carbocycles. The zero-order chi connectivity index (χ0) is 21.7. The zero-order valence-corrected chi connectivity index (χ0v) is 18.3. The number of nitrogens with one attached hydrogen (secondary N) is 2. The summed E-state index contributed by atoms with van der Waals surface area (Å²) >= 11 is 11.7. The number of hydrogen-bond acceptors (Lipinski definition) is 4. The Hall–Kier alpha value is -2.13. The third-order valence-electron chi connectivity index (χ3n) is 4.80. The standard InChI is InChI=1S/C20H21Cl2N3O4S/c21-17-9-8-16(11-18(17)22)30(28,29)23-12-19(26)25-10-4-5-14(13-25)20(27)24-15-6-2-1-3-7-15/h1-3,6-9,11,14,23H,4-5,10,12-13H2,(H,24,27). The Morgan fingerprint density at radius 2 is 1.80 bits per heavy atom. The van der Waals surface area contributed by atoms with Gasteiger partial charge in [0, 0.05) is 18.8 Å². The largest absolute Gasteiger partial charge is 0.341 e. The Labute approximate surface area is 185 Å². The molecular formula is C20H21Cl2N3O4S. The van der Waals surface area contributed by atoms with Crippen LogP contribution in [0.5, 0.6) is 0 Å². The van der Waals surface area contributed by atoms with Crippen LogP contribution in [0.15, 0.2) is 53.4 Å². The summed E-state index contributed by atoms with van der Waals surface area (Å²) in [6.07, 6.45) is 1.33. The summed E-state index contributed by atoms with van der Waals surface area (Å²) < 4.78 is 27.1. The molecule has 0 radical (unpaired) electrons. The molecule has 10 heteroatoms. The van der Waals surface area contributed by atoms with Gasteiger partial charge in [0.2, 0.25) is 21.8 Å². The van der Waals surface area contributed by atoms with Gasteiger partial charge in [-0.25, -0.2) is 13.1 Å². The SMILES string of the molecule is O=C(Nc1ccccc1)C1CCCN(C(=O)CNS(=O)(=O)c2ccc(Cl)c(Cl)c2)C1. The van der Waals surface area contributed by atoms with Crippen molar-refractivity contribution in [1.29, 1.82) is 0 Å². The van der Waals surface area contributed by atoms with Crippen LogP contribution in [-0.2, 0) is 19.6 Å². The van der Waals surface area contributed by atoms with Crippen molar-refractivity contribution >= 4 is 50.7 Å². The number of benzene rings is 2. The molecule has 7 nitrogen and oxygen atoms in total. The molecule has 1 fully saturated rings. The number of sulfonamides is 1. The first-order valence-corrected chi connectivity index (χ1v) is 11.6. The van der Waals surface area contributed by atoms with Gasteiger partial charge in [-0.2, -0.15) is 0 Å². The van der Waals surface area contributed by atoms with E-state index in [1.165, 1.54) is 23.1 Å². The second kappa shape index (κ2) is 9.78. The van der Waals surface area contributed by atoms with Crippen molar-refractivity contribution in [2.45, 2.75) is 17.7 Å². The van der Waals surface area contributed by atoms with Gasteiger partial charge in [0.25, 0.3) is 0 Å². The number of anilines is 1. The highest BCUT2D eigenvalue weighted by molar-refractivity contribution is 7.89. The second-order valence-electron chi connectivity index (χ2n) is 6.93. The molecule has 1 atom stereocenters. The number of hydrogen-bond donors (Lipinski definition) is 2. The van der Waals surface area contributed by atoms with Crippen molar-refractivity contribution in [3.8, 4) is 0 Å². The first kappa shape index (κ1) is 22.6. The fourth-order valence-corrected chi connectivity index (χ4v) is 4.54. The van der Waals surface area contributed by atoms with Gasteiger partial charge in [-0.1, -0.05) is 41.4 Å². The van der Waals surface area contributed by atoms with Gasteiger partial charge >= 0.3 is 0 Å². The number of rotatable bonds is 6. The lowest BCUT2D eigenvalue weighted by Crippen LogP contribution is -2.47. The van der Waals surface area contributed by atoms with E-state index in [1.807, 2.05) is 18.2 Å². The molecule has 160 valence electrons. The number of amides is 2. The van der Waals surface area contributed by atoms with Crippen LogP contribution < -0.4 is 10.0 Å². The van der Waals surface area contributed by atoms with E-state index in [-0.39, 0.29) is 33.3 Å². The Morgan fingerprint density at radius 1 is 1.07 bits per heavy atom. The van der Waals surface area contributed by atoms with Crippen molar-refractivity contribution in [1.82, 2.24) is 9.62 Å². The third-order valence-corrected chi connectivity index (χ3v) is 6.94. The number of carbonyl (C=O) groups excluding carboxylic acids is 2. The van der Waals surface area contributed by atoms with Gasteiger partial charge in [0.15, 0.2) is 0 Å². The summed E-state index contributed by atoms with van der Waals surface area (Å²) in [6, 6.07) is 13.0. The van der Waals surface area contributed by atoms with E-state index in [9.17, 15) is 18.0 Å². The number of likely N-dealkylation sites (tertiary alicyclic amines) is 1. The maximum atomic E-state index is 12.5. The number of para-hydroxylation sites is 1. The quantitative estimate of drug-likeness (QED) is 0.678. The molecule has 2 aromatic carbocycles. The molecule has 2 aromatic rings. The fourth-order valence-electron chi connectivity index (χ4n) is 3.18. The highest BCUT2D eigenvalue weighted by Crippen LogP contribution is 2.25. The molecule has 1 unspecified atom stereocenters. The summed E-state index contributed by atoms with van der Waals surface area (Å²) in [6.45, 7) is 0.310. The van der Waals surface area contributed by atoms with Gasteiger partial charge in [0.05, 0.1) is 27.4 Å². The highest BCUT2D eigenvalue weighted by Gasteiger charge is 2.29. The monoisotopic (exact) mass is 469 g/mol. The topological polar surface area (TPSA) is 95.6 Å². The molecule has 1 aliphatic rings. The van der Waals surface area contributed by atoms with E-state index in [2.05, 4.69) is 10.0 Å². The first-order valence-electron chi connectivity index (χ1n) is 9.34. The molecule has 1 saturated heterocycles. The second-order valence-corrected chi connectivity index (χ2v) is 9.52. The van der Waals surface area contributed by atoms with E-state index in [4.69, 9.17) is 23.2 Å². The summed E-state index contributed by atoms with van der Waals surface area (Å²) in [7, 11) is -3.92. The van der Waals surface area contributed by atoms with Gasteiger partial charge < -0.3 is 10.2 Å². The number of piperidine rings is 1.